The molecule has 2 aromatic carbocycles. The Balaban J connectivity index is 1.76. The average molecular weight is 415 g/mol. The van der Waals surface area contributed by atoms with Crippen molar-refractivity contribution in [3.8, 4) is 11.3 Å². The van der Waals surface area contributed by atoms with E-state index >= 15 is 0 Å². The minimum absolute atomic E-state index is 0.121. The van der Waals surface area contributed by atoms with Gasteiger partial charge in [-0.3, -0.25) is 4.18 Å². The first kappa shape index (κ1) is 19.8. The molecule has 1 heterocycles. The normalized spacial score (nSPS) is 12.6. The Hall–Kier alpha value is -1.97. The molecular formula is C18H16F3NO3S2. The Morgan fingerprint density at radius 3 is 2.44 bits per heavy atom. The van der Waals surface area contributed by atoms with E-state index in [1.807, 2.05) is 18.2 Å². The molecule has 1 aromatic heterocycles. The third-order valence-corrected chi connectivity index (χ3v) is 5.33. The summed E-state index contributed by atoms with van der Waals surface area (Å²) in [5.41, 5.74) is 1.60. The van der Waals surface area contributed by atoms with Crippen LogP contribution in [0.25, 0.3) is 21.3 Å². The molecule has 0 aliphatic rings. The van der Waals surface area contributed by atoms with E-state index in [1.165, 1.54) is 23.7 Å². The largest absolute Gasteiger partial charge is 0.416 e. The summed E-state index contributed by atoms with van der Waals surface area (Å²) in [5.74, 6) is 0. The maximum atomic E-state index is 12.7. The summed E-state index contributed by atoms with van der Waals surface area (Å²) in [6.45, 7) is 0.121. The molecule has 0 aliphatic heterocycles. The second-order valence-electron chi connectivity index (χ2n) is 6.07. The van der Waals surface area contributed by atoms with Gasteiger partial charge >= 0.3 is 6.18 Å². The number of aryl methyl sites for hydroxylation is 1. The molecule has 0 aliphatic carbocycles. The zero-order valence-electron chi connectivity index (χ0n) is 14.3. The monoisotopic (exact) mass is 415 g/mol. The predicted molar refractivity (Wildman–Crippen MR) is 99.2 cm³/mol. The molecule has 0 N–H and O–H groups in total. The van der Waals surface area contributed by atoms with Crippen molar-refractivity contribution in [2.75, 3.05) is 12.9 Å². The first-order valence-electron chi connectivity index (χ1n) is 8.04. The first-order valence-corrected chi connectivity index (χ1v) is 10.6. The second kappa shape index (κ2) is 7.57. The van der Waals surface area contributed by atoms with Crippen LogP contribution >= 0.6 is 11.5 Å². The smallest absolute Gasteiger partial charge is 0.270 e. The number of fused-ring (bicyclic) bond motifs is 1. The van der Waals surface area contributed by atoms with Gasteiger partial charge < -0.3 is 0 Å². The summed E-state index contributed by atoms with van der Waals surface area (Å²) in [4.78, 5) is 0. The molecule has 3 rings (SSSR count). The molecule has 0 saturated heterocycles. The number of halogens is 3. The zero-order valence-corrected chi connectivity index (χ0v) is 15.9. The van der Waals surface area contributed by atoms with E-state index in [0.29, 0.717) is 24.1 Å². The lowest BCUT2D eigenvalue weighted by Crippen LogP contribution is -2.04. The number of aromatic nitrogens is 1. The average Bonchev–Trinajstić information content (AvgIpc) is 3.00. The molecule has 0 saturated carbocycles. The Morgan fingerprint density at radius 1 is 1.11 bits per heavy atom. The standard InChI is InChI=1S/C18H16F3NO3S2/c1-27(23,24)25-10-2-3-12-4-9-15-16(11-12)26-22-17(15)13-5-7-14(8-6-13)18(19,20)21/h4-9,11H,2-3,10H2,1H3. The van der Waals surface area contributed by atoms with E-state index in [1.54, 1.807) is 0 Å². The molecule has 0 unspecified atom stereocenters. The molecular weight excluding hydrogens is 399 g/mol. The third kappa shape index (κ3) is 5.06. The molecule has 4 nitrogen and oxygen atoms in total. The molecule has 3 aromatic rings. The van der Waals surface area contributed by atoms with Gasteiger partial charge in [-0.1, -0.05) is 24.3 Å². The highest BCUT2D eigenvalue weighted by Crippen LogP contribution is 2.34. The fourth-order valence-corrected chi connectivity index (χ4v) is 3.93. The van der Waals surface area contributed by atoms with E-state index in [4.69, 9.17) is 4.18 Å². The molecule has 9 heteroatoms. The molecule has 0 atom stereocenters. The lowest BCUT2D eigenvalue weighted by atomic mass is 10.0. The maximum Gasteiger partial charge on any atom is 0.416 e. The van der Waals surface area contributed by atoms with Crippen LogP contribution < -0.4 is 0 Å². The Bertz CT molecular complexity index is 1040. The maximum absolute atomic E-state index is 12.7. The molecule has 0 fully saturated rings. The van der Waals surface area contributed by atoms with Gasteiger partial charge in [0.2, 0.25) is 0 Å². The van der Waals surface area contributed by atoms with Crippen molar-refractivity contribution in [2.24, 2.45) is 0 Å². The number of nitrogens with zero attached hydrogens (tertiary/aromatic N) is 1. The van der Waals surface area contributed by atoms with Crippen LogP contribution in [0.4, 0.5) is 13.2 Å². The van der Waals surface area contributed by atoms with Crippen molar-refractivity contribution >= 4 is 31.7 Å². The van der Waals surface area contributed by atoms with E-state index in [2.05, 4.69) is 4.37 Å². The van der Waals surface area contributed by atoms with Crippen LogP contribution in [0.1, 0.15) is 17.5 Å². The van der Waals surface area contributed by atoms with Gasteiger partial charge in [0.05, 0.1) is 28.8 Å². The molecule has 0 radical (unpaired) electrons. The van der Waals surface area contributed by atoms with Crippen LogP contribution in [0.15, 0.2) is 42.5 Å². The van der Waals surface area contributed by atoms with Crippen LogP contribution in [0.5, 0.6) is 0 Å². The molecule has 0 spiro atoms. The fraction of sp³-hybridized carbons (Fsp3) is 0.278. The van der Waals surface area contributed by atoms with Gasteiger partial charge in [0.15, 0.2) is 0 Å². The van der Waals surface area contributed by atoms with Gasteiger partial charge in [0.25, 0.3) is 10.1 Å². The van der Waals surface area contributed by atoms with Crippen molar-refractivity contribution in [1.82, 2.24) is 4.37 Å². The van der Waals surface area contributed by atoms with Crippen molar-refractivity contribution in [3.63, 3.8) is 0 Å². The molecule has 144 valence electrons. The fourth-order valence-electron chi connectivity index (χ4n) is 2.65. The van der Waals surface area contributed by atoms with Crippen LogP contribution in [-0.4, -0.2) is 25.7 Å². The molecule has 0 amide bonds. The quantitative estimate of drug-likeness (QED) is 0.425. The minimum atomic E-state index is -4.36. The van der Waals surface area contributed by atoms with Gasteiger partial charge in [-0.25, -0.2) is 0 Å². The highest BCUT2D eigenvalue weighted by Gasteiger charge is 2.30. The van der Waals surface area contributed by atoms with Gasteiger partial charge in [-0.2, -0.15) is 26.0 Å². The van der Waals surface area contributed by atoms with Crippen LogP contribution in [0, 0.1) is 0 Å². The SMILES string of the molecule is CS(=O)(=O)OCCCc1ccc2c(-c3ccc(C(F)(F)F)cc3)nsc2c1. The topological polar surface area (TPSA) is 56.3 Å². The molecule has 27 heavy (non-hydrogen) atoms. The lowest BCUT2D eigenvalue weighted by Gasteiger charge is -2.07. The Kier molecular flexibility index (Phi) is 5.55. The van der Waals surface area contributed by atoms with Crippen molar-refractivity contribution in [1.29, 1.82) is 0 Å². The number of hydrogen-bond acceptors (Lipinski definition) is 5. The summed E-state index contributed by atoms with van der Waals surface area (Å²) < 4.78 is 70.0. The van der Waals surface area contributed by atoms with Crippen molar-refractivity contribution < 1.29 is 25.8 Å². The van der Waals surface area contributed by atoms with Crippen LogP contribution in [-0.2, 0) is 26.9 Å². The number of benzene rings is 2. The highest BCUT2D eigenvalue weighted by atomic mass is 32.2. The van der Waals surface area contributed by atoms with Gasteiger partial charge in [-0.15, -0.1) is 0 Å². The van der Waals surface area contributed by atoms with Crippen LogP contribution in [0.2, 0.25) is 0 Å². The van der Waals surface area contributed by atoms with E-state index < -0.39 is 21.9 Å². The summed E-state index contributed by atoms with van der Waals surface area (Å²) >= 11 is 1.28. The number of alkyl halides is 3. The summed E-state index contributed by atoms with van der Waals surface area (Å²) in [6, 6.07) is 10.7. The van der Waals surface area contributed by atoms with E-state index in [9.17, 15) is 21.6 Å². The van der Waals surface area contributed by atoms with Gasteiger partial charge in [0.1, 0.15) is 0 Å². The molecule has 0 bridgehead atoms. The first-order chi connectivity index (χ1) is 12.6. The van der Waals surface area contributed by atoms with Crippen LogP contribution in [0.3, 0.4) is 0 Å². The Labute approximate surface area is 158 Å². The van der Waals surface area contributed by atoms with Gasteiger partial charge in [-0.05, 0) is 48.1 Å². The van der Waals surface area contributed by atoms with Gasteiger partial charge in [0, 0.05) is 10.9 Å². The predicted octanol–water partition coefficient (Wildman–Crippen LogP) is 4.89. The minimum Gasteiger partial charge on any atom is -0.270 e. The van der Waals surface area contributed by atoms with Crippen molar-refractivity contribution in [2.45, 2.75) is 19.0 Å². The second-order valence-corrected chi connectivity index (χ2v) is 8.52. The lowest BCUT2D eigenvalue weighted by molar-refractivity contribution is -0.137. The van der Waals surface area contributed by atoms with E-state index in [0.717, 1.165) is 34.0 Å². The summed E-state index contributed by atoms with van der Waals surface area (Å²) in [7, 11) is -3.43. The summed E-state index contributed by atoms with van der Waals surface area (Å²) in [6.07, 6.45) is -2.14. The van der Waals surface area contributed by atoms with Crippen molar-refractivity contribution in [3.05, 3.63) is 53.6 Å². The third-order valence-electron chi connectivity index (χ3n) is 3.93. The Morgan fingerprint density at radius 2 is 1.81 bits per heavy atom. The zero-order chi connectivity index (χ0) is 19.7. The highest BCUT2D eigenvalue weighted by molar-refractivity contribution is 7.85. The van der Waals surface area contributed by atoms with E-state index in [-0.39, 0.29) is 6.61 Å². The summed E-state index contributed by atoms with van der Waals surface area (Å²) in [5, 5.41) is 0.871. The number of hydrogen-bond donors (Lipinski definition) is 0. The number of rotatable bonds is 6.